The number of nitrogen functional groups attached to an aromatic ring is 1. The normalized spacial score (nSPS) is 10.3. The quantitative estimate of drug-likeness (QED) is 0.630. The Morgan fingerprint density at radius 3 is 2.88 bits per heavy atom. The molecule has 1 rings (SSSR count). The summed E-state index contributed by atoms with van der Waals surface area (Å²) in [7, 11) is 1.60. The highest BCUT2D eigenvalue weighted by molar-refractivity contribution is 7.16. The Labute approximate surface area is 96.9 Å². The van der Waals surface area contributed by atoms with E-state index in [0.717, 1.165) is 11.3 Å². The van der Waals surface area contributed by atoms with Crippen LogP contribution in [0.15, 0.2) is 0 Å². The highest BCUT2D eigenvalue weighted by Gasteiger charge is 2.10. The second-order valence-corrected chi connectivity index (χ2v) is 3.82. The van der Waals surface area contributed by atoms with E-state index in [1.165, 1.54) is 0 Å². The summed E-state index contributed by atoms with van der Waals surface area (Å²) in [6.45, 7) is 1.91. The number of nitrogens with one attached hydrogen (secondary N) is 1. The van der Waals surface area contributed by atoms with E-state index in [1.807, 2.05) is 0 Å². The van der Waals surface area contributed by atoms with Gasteiger partial charge in [-0.15, -0.1) is 10.2 Å². The molecule has 90 valence electrons. The molecular weight excluding hydrogens is 232 g/mol. The number of rotatable bonds is 7. The predicted molar refractivity (Wildman–Crippen MR) is 59.3 cm³/mol. The maximum Gasteiger partial charge on any atom is 0.282 e. The van der Waals surface area contributed by atoms with Crippen molar-refractivity contribution in [3.63, 3.8) is 0 Å². The molecule has 0 bridgehead atoms. The molecule has 7 nitrogen and oxygen atoms in total. The molecule has 0 aromatic carbocycles. The fourth-order valence-electron chi connectivity index (χ4n) is 0.883. The monoisotopic (exact) mass is 246 g/mol. The second kappa shape index (κ2) is 7.09. The third-order valence-electron chi connectivity index (χ3n) is 1.60. The number of nitrogens with two attached hydrogens (primary N) is 1. The van der Waals surface area contributed by atoms with Gasteiger partial charge in [0.2, 0.25) is 10.1 Å². The summed E-state index contributed by atoms with van der Waals surface area (Å²) >= 11 is 1.05. The number of aromatic nitrogens is 2. The van der Waals surface area contributed by atoms with Crippen molar-refractivity contribution in [3.05, 3.63) is 5.01 Å². The van der Waals surface area contributed by atoms with E-state index < -0.39 is 0 Å². The molecule has 0 unspecified atom stereocenters. The number of amides is 1. The molecule has 0 aliphatic rings. The Morgan fingerprint density at radius 1 is 1.44 bits per heavy atom. The van der Waals surface area contributed by atoms with Gasteiger partial charge in [-0.25, -0.2) is 0 Å². The highest BCUT2D eigenvalue weighted by Crippen LogP contribution is 2.09. The van der Waals surface area contributed by atoms with Crippen LogP contribution in [0.25, 0.3) is 0 Å². The fourth-order valence-corrected chi connectivity index (χ4v) is 1.41. The van der Waals surface area contributed by atoms with E-state index in [2.05, 4.69) is 15.5 Å². The maximum atomic E-state index is 11.4. The van der Waals surface area contributed by atoms with E-state index >= 15 is 0 Å². The van der Waals surface area contributed by atoms with Crippen LogP contribution in [0.3, 0.4) is 0 Å². The summed E-state index contributed by atoms with van der Waals surface area (Å²) in [4.78, 5) is 11.4. The van der Waals surface area contributed by atoms with Crippen molar-refractivity contribution in [3.8, 4) is 0 Å². The van der Waals surface area contributed by atoms with Gasteiger partial charge >= 0.3 is 0 Å². The van der Waals surface area contributed by atoms with Crippen molar-refractivity contribution in [1.29, 1.82) is 0 Å². The van der Waals surface area contributed by atoms with Gasteiger partial charge in [0.25, 0.3) is 5.91 Å². The van der Waals surface area contributed by atoms with Crippen LogP contribution in [0.5, 0.6) is 0 Å². The van der Waals surface area contributed by atoms with Gasteiger partial charge in [-0.05, 0) is 0 Å². The fraction of sp³-hybridized carbons (Fsp3) is 0.625. The Morgan fingerprint density at radius 2 is 2.25 bits per heavy atom. The molecule has 0 spiro atoms. The van der Waals surface area contributed by atoms with Gasteiger partial charge in [0.1, 0.15) is 0 Å². The molecule has 1 aromatic heterocycles. The summed E-state index contributed by atoms with van der Waals surface area (Å²) in [5.74, 6) is -0.287. The molecule has 8 heteroatoms. The van der Waals surface area contributed by atoms with Gasteiger partial charge in [-0.3, -0.25) is 4.79 Å². The zero-order valence-corrected chi connectivity index (χ0v) is 9.75. The number of methoxy groups -OCH3 is 1. The highest BCUT2D eigenvalue weighted by atomic mass is 32.1. The van der Waals surface area contributed by atoms with Crippen LogP contribution >= 0.6 is 11.3 Å². The summed E-state index contributed by atoms with van der Waals surface area (Å²) < 4.78 is 9.97. The van der Waals surface area contributed by atoms with Crippen molar-refractivity contribution in [1.82, 2.24) is 15.5 Å². The average Bonchev–Trinajstić information content (AvgIpc) is 2.70. The summed E-state index contributed by atoms with van der Waals surface area (Å²) in [5.41, 5.74) is 5.35. The number of ether oxygens (including phenoxy) is 2. The van der Waals surface area contributed by atoms with E-state index in [4.69, 9.17) is 15.2 Å². The first-order valence-corrected chi connectivity index (χ1v) is 5.49. The average molecular weight is 246 g/mol. The molecule has 1 aromatic rings. The van der Waals surface area contributed by atoms with Crippen LogP contribution in [0.2, 0.25) is 0 Å². The van der Waals surface area contributed by atoms with Gasteiger partial charge in [0.05, 0.1) is 19.8 Å². The number of carbonyl (C=O) groups excluding carboxylic acids is 1. The standard InChI is InChI=1S/C8H14N4O3S/c1-14-4-5-15-3-2-10-6(13)7-11-12-8(9)16-7/h2-5H2,1H3,(H2,9,12)(H,10,13). The number of hydrogen-bond acceptors (Lipinski definition) is 7. The second-order valence-electron chi connectivity index (χ2n) is 2.81. The molecule has 0 saturated carbocycles. The lowest BCUT2D eigenvalue weighted by Gasteiger charge is -2.04. The van der Waals surface area contributed by atoms with Gasteiger partial charge in [0, 0.05) is 13.7 Å². The predicted octanol–water partition coefficient (Wildman–Crippen LogP) is -0.487. The number of nitrogens with zero attached hydrogens (tertiary/aromatic N) is 2. The zero-order chi connectivity index (χ0) is 11.8. The van der Waals surface area contributed by atoms with Crippen LogP contribution in [0.1, 0.15) is 9.80 Å². The summed E-state index contributed by atoms with van der Waals surface area (Å²) in [5, 5.41) is 10.3. The van der Waals surface area contributed by atoms with E-state index in [-0.39, 0.29) is 16.0 Å². The molecule has 1 amide bonds. The van der Waals surface area contributed by atoms with Crippen molar-refractivity contribution in [2.45, 2.75) is 0 Å². The minimum atomic E-state index is -0.287. The summed E-state index contributed by atoms with van der Waals surface area (Å²) in [6.07, 6.45) is 0. The third-order valence-corrected chi connectivity index (χ3v) is 2.35. The Balaban J connectivity index is 2.11. The van der Waals surface area contributed by atoms with Crippen LogP contribution in [-0.2, 0) is 9.47 Å². The van der Waals surface area contributed by atoms with Gasteiger partial charge in [-0.1, -0.05) is 11.3 Å². The Hall–Kier alpha value is -1.25. The SMILES string of the molecule is COCCOCCNC(=O)c1nnc(N)s1. The van der Waals surface area contributed by atoms with Crippen molar-refractivity contribution in [2.24, 2.45) is 0 Å². The number of hydrogen-bond donors (Lipinski definition) is 2. The van der Waals surface area contributed by atoms with Crippen LogP contribution < -0.4 is 11.1 Å². The van der Waals surface area contributed by atoms with Crippen LogP contribution in [0, 0.1) is 0 Å². The Bertz CT molecular complexity index is 331. The first kappa shape index (κ1) is 12.8. The molecule has 3 N–H and O–H groups in total. The smallest absolute Gasteiger partial charge is 0.282 e. The van der Waals surface area contributed by atoms with E-state index in [1.54, 1.807) is 7.11 Å². The topological polar surface area (TPSA) is 99.4 Å². The van der Waals surface area contributed by atoms with E-state index in [9.17, 15) is 4.79 Å². The van der Waals surface area contributed by atoms with Crippen LogP contribution in [0.4, 0.5) is 5.13 Å². The largest absolute Gasteiger partial charge is 0.382 e. The van der Waals surface area contributed by atoms with Crippen molar-refractivity contribution < 1.29 is 14.3 Å². The lowest BCUT2D eigenvalue weighted by atomic mass is 10.6. The first-order chi connectivity index (χ1) is 7.74. The van der Waals surface area contributed by atoms with E-state index in [0.29, 0.717) is 26.4 Å². The molecule has 0 radical (unpaired) electrons. The minimum Gasteiger partial charge on any atom is -0.382 e. The van der Waals surface area contributed by atoms with Crippen LogP contribution in [-0.4, -0.2) is 49.6 Å². The molecule has 1 heterocycles. The molecule has 0 aliphatic carbocycles. The molecule has 0 aliphatic heterocycles. The van der Waals surface area contributed by atoms with Gasteiger partial charge < -0.3 is 20.5 Å². The maximum absolute atomic E-state index is 11.4. The number of carbonyl (C=O) groups is 1. The van der Waals surface area contributed by atoms with Gasteiger partial charge in [-0.2, -0.15) is 0 Å². The minimum absolute atomic E-state index is 0.259. The molecule has 0 saturated heterocycles. The van der Waals surface area contributed by atoms with Crippen molar-refractivity contribution >= 4 is 22.4 Å². The summed E-state index contributed by atoms with van der Waals surface area (Å²) in [6, 6.07) is 0. The Kier molecular flexibility index (Phi) is 5.68. The zero-order valence-electron chi connectivity index (χ0n) is 8.93. The molecule has 16 heavy (non-hydrogen) atoms. The molecule has 0 fully saturated rings. The third kappa shape index (κ3) is 4.51. The lowest BCUT2D eigenvalue weighted by molar-refractivity contribution is 0.0692. The molecular formula is C8H14N4O3S. The number of anilines is 1. The van der Waals surface area contributed by atoms with Crippen molar-refractivity contribution in [2.75, 3.05) is 39.2 Å². The van der Waals surface area contributed by atoms with Gasteiger partial charge in [0.15, 0.2) is 0 Å². The first-order valence-electron chi connectivity index (χ1n) is 4.68. The molecule has 0 atom stereocenters. The lowest BCUT2D eigenvalue weighted by Crippen LogP contribution is -2.27.